The van der Waals surface area contributed by atoms with Crippen molar-refractivity contribution in [2.75, 3.05) is 11.9 Å². The van der Waals surface area contributed by atoms with E-state index in [2.05, 4.69) is 5.32 Å². The van der Waals surface area contributed by atoms with E-state index in [-0.39, 0.29) is 30.5 Å². The van der Waals surface area contributed by atoms with E-state index in [4.69, 9.17) is 4.74 Å². The van der Waals surface area contributed by atoms with Crippen molar-refractivity contribution in [3.63, 3.8) is 0 Å². The average molecular weight is 412 g/mol. The second-order valence-corrected chi connectivity index (χ2v) is 7.53. The third-order valence-electron chi connectivity index (χ3n) is 5.70. The second-order valence-electron chi connectivity index (χ2n) is 7.53. The Balaban J connectivity index is 0.00000225. The highest BCUT2D eigenvalue weighted by Gasteiger charge is 2.34. The number of rotatable bonds is 4. The Morgan fingerprint density at radius 3 is 2.54 bits per heavy atom. The zero-order chi connectivity index (χ0) is 18.9. The van der Waals surface area contributed by atoms with Gasteiger partial charge < -0.3 is 10.1 Å². The Bertz CT molecular complexity index is 816. The van der Waals surface area contributed by atoms with Gasteiger partial charge >= 0.3 is 6.18 Å². The molecule has 0 bridgehead atoms. The van der Waals surface area contributed by atoms with Crippen molar-refractivity contribution in [1.82, 2.24) is 0 Å². The van der Waals surface area contributed by atoms with Gasteiger partial charge in [-0.3, -0.25) is 0 Å². The minimum absolute atomic E-state index is 0. The molecule has 2 aromatic rings. The van der Waals surface area contributed by atoms with Gasteiger partial charge in [0.1, 0.15) is 12.4 Å². The van der Waals surface area contributed by atoms with Crippen LogP contribution >= 0.6 is 12.4 Å². The number of ether oxygens (including phenoxy) is 1. The molecule has 1 fully saturated rings. The minimum atomic E-state index is -4.37. The number of hydrogen-bond acceptors (Lipinski definition) is 2. The zero-order valence-corrected chi connectivity index (χ0v) is 16.5. The summed E-state index contributed by atoms with van der Waals surface area (Å²) in [7, 11) is 0. The molecule has 2 aromatic carbocycles. The number of benzene rings is 2. The van der Waals surface area contributed by atoms with Crippen LogP contribution in [0.1, 0.15) is 60.3 Å². The summed E-state index contributed by atoms with van der Waals surface area (Å²) in [6.07, 6.45) is 1.90. The topological polar surface area (TPSA) is 21.3 Å². The van der Waals surface area contributed by atoms with Gasteiger partial charge in [0.05, 0.1) is 5.56 Å². The van der Waals surface area contributed by atoms with E-state index in [1.165, 1.54) is 12.5 Å². The van der Waals surface area contributed by atoms with E-state index in [9.17, 15) is 13.2 Å². The first kappa shape index (κ1) is 20.8. The molecule has 1 heterocycles. The summed E-state index contributed by atoms with van der Waals surface area (Å²) >= 11 is 0. The van der Waals surface area contributed by atoms with E-state index in [1.807, 2.05) is 18.2 Å². The summed E-state index contributed by atoms with van der Waals surface area (Å²) in [5.74, 6) is 0.862. The number of nitrogens with one attached hydrogen (secondary N) is 1. The summed E-state index contributed by atoms with van der Waals surface area (Å²) in [6, 6.07) is 10.5. The van der Waals surface area contributed by atoms with E-state index in [1.54, 1.807) is 12.1 Å². The Labute approximate surface area is 169 Å². The summed E-state index contributed by atoms with van der Waals surface area (Å²) in [6.45, 7) is 0.811. The van der Waals surface area contributed by atoms with Gasteiger partial charge in [-0.15, -0.1) is 12.4 Å². The van der Waals surface area contributed by atoms with Gasteiger partial charge in [-0.25, -0.2) is 0 Å². The van der Waals surface area contributed by atoms with Crippen LogP contribution in [-0.4, -0.2) is 6.54 Å². The molecule has 0 saturated heterocycles. The number of halogens is 4. The predicted octanol–water partition coefficient (Wildman–Crippen LogP) is 6.72. The van der Waals surface area contributed by atoms with Crippen molar-refractivity contribution in [3.05, 3.63) is 58.7 Å². The molecule has 0 radical (unpaired) electrons. The molecule has 0 unspecified atom stereocenters. The number of hydrogen-bond donors (Lipinski definition) is 1. The van der Waals surface area contributed by atoms with Crippen LogP contribution in [0.15, 0.2) is 36.4 Å². The maximum absolute atomic E-state index is 13.6. The minimum Gasteiger partial charge on any atom is -0.489 e. The van der Waals surface area contributed by atoms with Crippen molar-refractivity contribution < 1.29 is 17.9 Å². The highest BCUT2D eigenvalue weighted by Crippen LogP contribution is 2.38. The van der Waals surface area contributed by atoms with E-state index < -0.39 is 11.7 Å². The van der Waals surface area contributed by atoms with Crippen molar-refractivity contribution in [2.24, 2.45) is 0 Å². The molecule has 1 aliphatic heterocycles. The first-order valence-corrected chi connectivity index (χ1v) is 9.70. The molecule has 6 heteroatoms. The summed E-state index contributed by atoms with van der Waals surface area (Å²) in [5.41, 5.74) is 2.68. The molecule has 0 aromatic heterocycles. The van der Waals surface area contributed by atoms with Gasteiger partial charge in [0.15, 0.2) is 0 Å². The lowest BCUT2D eigenvalue weighted by molar-refractivity contribution is -0.138. The molecule has 1 saturated carbocycles. The lowest BCUT2D eigenvalue weighted by Crippen LogP contribution is -2.13. The van der Waals surface area contributed by atoms with Crippen LogP contribution in [0.3, 0.4) is 0 Å². The fourth-order valence-electron chi connectivity index (χ4n) is 4.21. The lowest BCUT2D eigenvalue weighted by atomic mass is 9.83. The van der Waals surface area contributed by atoms with Crippen LogP contribution in [0.4, 0.5) is 18.9 Å². The van der Waals surface area contributed by atoms with Crippen LogP contribution in [0.2, 0.25) is 0 Å². The Morgan fingerprint density at radius 2 is 1.79 bits per heavy atom. The highest BCUT2D eigenvalue weighted by atomic mass is 35.5. The van der Waals surface area contributed by atoms with Crippen LogP contribution in [0.25, 0.3) is 0 Å². The third-order valence-corrected chi connectivity index (χ3v) is 5.70. The highest BCUT2D eigenvalue weighted by molar-refractivity contribution is 5.85. The van der Waals surface area contributed by atoms with Crippen molar-refractivity contribution >= 4 is 18.1 Å². The molecule has 28 heavy (non-hydrogen) atoms. The Morgan fingerprint density at radius 1 is 1.00 bits per heavy atom. The summed E-state index contributed by atoms with van der Waals surface area (Å²) in [4.78, 5) is 0. The van der Waals surface area contributed by atoms with E-state index in [0.717, 1.165) is 55.5 Å². The van der Waals surface area contributed by atoms with Crippen molar-refractivity contribution in [1.29, 1.82) is 0 Å². The quantitative estimate of drug-likeness (QED) is 0.602. The molecule has 1 N–H and O–H groups in total. The van der Waals surface area contributed by atoms with Gasteiger partial charge in [-0.1, -0.05) is 31.4 Å². The maximum Gasteiger partial charge on any atom is 0.416 e. The monoisotopic (exact) mass is 411 g/mol. The molecule has 1 aliphatic carbocycles. The Kier molecular flexibility index (Phi) is 6.43. The molecule has 0 amide bonds. The first-order valence-electron chi connectivity index (χ1n) is 9.70. The van der Waals surface area contributed by atoms with Crippen LogP contribution < -0.4 is 10.1 Å². The molecule has 0 spiro atoms. The molecule has 152 valence electrons. The van der Waals surface area contributed by atoms with Gasteiger partial charge in [-0.2, -0.15) is 13.2 Å². The fourth-order valence-corrected chi connectivity index (χ4v) is 4.21. The summed E-state index contributed by atoms with van der Waals surface area (Å²) in [5, 5.41) is 3.26. The molecule has 2 aliphatic rings. The van der Waals surface area contributed by atoms with Crippen molar-refractivity contribution in [3.8, 4) is 5.75 Å². The molecule has 4 rings (SSSR count). The van der Waals surface area contributed by atoms with Gasteiger partial charge in [0, 0.05) is 17.8 Å². The normalized spacial score (nSPS) is 16.8. The van der Waals surface area contributed by atoms with Crippen LogP contribution in [0.5, 0.6) is 5.75 Å². The standard InChI is InChI=1S/C22H24F3NO.ClH/c23-22(24,25)20-13-16(15-4-2-1-3-5-15)6-7-18(20)14-27-19-8-9-21-17(12-19)10-11-26-21;/h6-9,12-13,15,26H,1-5,10-11,14H2;1H. The van der Waals surface area contributed by atoms with Crippen LogP contribution in [-0.2, 0) is 19.2 Å². The first-order chi connectivity index (χ1) is 13.0. The van der Waals surface area contributed by atoms with Gasteiger partial charge in [-0.05, 0) is 60.6 Å². The fraction of sp³-hybridized carbons (Fsp3) is 0.455. The summed E-state index contributed by atoms with van der Waals surface area (Å²) < 4.78 is 46.6. The van der Waals surface area contributed by atoms with Gasteiger partial charge in [0.2, 0.25) is 0 Å². The van der Waals surface area contributed by atoms with Gasteiger partial charge in [0.25, 0.3) is 0 Å². The predicted molar refractivity (Wildman–Crippen MR) is 107 cm³/mol. The molecule has 0 atom stereocenters. The maximum atomic E-state index is 13.6. The number of anilines is 1. The molecular weight excluding hydrogens is 387 g/mol. The lowest BCUT2D eigenvalue weighted by Gasteiger charge is -2.24. The average Bonchev–Trinajstić information content (AvgIpc) is 3.14. The Hall–Kier alpha value is -1.88. The largest absolute Gasteiger partial charge is 0.489 e. The zero-order valence-electron chi connectivity index (χ0n) is 15.6. The number of fused-ring (bicyclic) bond motifs is 1. The molecule has 2 nitrogen and oxygen atoms in total. The van der Waals surface area contributed by atoms with Crippen LogP contribution in [0, 0.1) is 0 Å². The SMILES string of the molecule is Cl.FC(F)(F)c1cc(C2CCCCC2)ccc1COc1ccc2c(c1)CCN2. The molecular formula is C22H25ClF3NO. The third kappa shape index (κ3) is 4.57. The van der Waals surface area contributed by atoms with Crippen molar-refractivity contribution in [2.45, 2.75) is 57.2 Å². The second kappa shape index (κ2) is 8.64. The number of alkyl halides is 3. The van der Waals surface area contributed by atoms with E-state index in [0.29, 0.717) is 5.75 Å². The van der Waals surface area contributed by atoms with E-state index >= 15 is 0 Å². The smallest absolute Gasteiger partial charge is 0.416 e.